The highest BCUT2D eigenvalue weighted by Gasteiger charge is 2.07. The molecule has 0 heterocycles. The smallest absolute Gasteiger partial charge is 0.124 e. The van der Waals surface area contributed by atoms with Crippen LogP contribution in [0.2, 0.25) is 10.0 Å². The number of benzene rings is 3. The predicted molar refractivity (Wildman–Crippen MR) is 110 cm³/mol. The molecule has 0 amide bonds. The van der Waals surface area contributed by atoms with E-state index in [0.717, 1.165) is 22.6 Å². The Kier molecular flexibility index (Phi) is 6.08. The van der Waals surface area contributed by atoms with Crippen LogP contribution in [0.5, 0.6) is 5.75 Å². The summed E-state index contributed by atoms with van der Waals surface area (Å²) in [5, 5.41) is 4.74. The van der Waals surface area contributed by atoms with E-state index in [4.69, 9.17) is 27.9 Å². The summed E-state index contributed by atoms with van der Waals surface area (Å²) < 4.78 is 6.02. The number of hydrogen-bond acceptors (Lipinski definition) is 2. The Hall–Kier alpha value is -2.16. The van der Waals surface area contributed by atoms with E-state index in [1.54, 1.807) is 6.07 Å². The quantitative estimate of drug-likeness (QED) is 0.503. The minimum Gasteiger partial charge on any atom is -0.488 e. The molecule has 4 heteroatoms. The maximum absolute atomic E-state index is 6.23. The number of hydrogen-bond donors (Lipinski definition) is 1. The van der Waals surface area contributed by atoms with Gasteiger partial charge in [0.1, 0.15) is 12.4 Å². The van der Waals surface area contributed by atoms with Gasteiger partial charge in [0.15, 0.2) is 0 Å². The lowest BCUT2D eigenvalue weighted by Gasteiger charge is -2.15. The molecule has 2 nitrogen and oxygen atoms in total. The van der Waals surface area contributed by atoms with Gasteiger partial charge in [-0.2, -0.15) is 0 Å². The molecule has 134 valence electrons. The zero-order valence-electron chi connectivity index (χ0n) is 14.9. The fraction of sp³-hybridized carbons (Fsp3) is 0.182. The van der Waals surface area contributed by atoms with Crippen molar-refractivity contribution >= 4 is 28.9 Å². The molecule has 0 bridgehead atoms. The third-order valence-electron chi connectivity index (χ3n) is 4.23. The molecule has 0 atom stereocenters. The Labute approximate surface area is 164 Å². The van der Waals surface area contributed by atoms with Crippen molar-refractivity contribution < 1.29 is 4.74 Å². The van der Waals surface area contributed by atoms with Gasteiger partial charge in [0, 0.05) is 33.4 Å². The number of nitrogens with one attached hydrogen (secondary N) is 1. The highest BCUT2D eigenvalue weighted by Crippen LogP contribution is 2.25. The summed E-state index contributed by atoms with van der Waals surface area (Å²) in [5.41, 5.74) is 5.61. The van der Waals surface area contributed by atoms with Crippen molar-refractivity contribution in [2.75, 3.05) is 5.32 Å². The number of rotatable bonds is 6. The first-order valence-electron chi connectivity index (χ1n) is 8.48. The largest absolute Gasteiger partial charge is 0.488 e. The molecule has 0 saturated heterocycles. The average molecular weight is 386 g/mol. The Morgan fingerprint density at radius 2 is 1.69 bits per heavy atom. The summed E-state index contributed by atoms with van der Waals surface area (Å²) in [6, 6.07) is 19.9. The van der Waals surface area contributed by atoms with Crippen LogP contribution in [0, 0.1) is 13.8 Å². The molecule has 3 aromatic rings. The second-order valence-electron chi connectivity index (χ2n) is 6.30. The van der Waals surface area contributed by atoms with Crippen LogP contribution in [-0.2, 0) is 13.2 Å². The maximum Gasteiger partial charge on any atom is 0.124 e. The Morgan fingerprint density at radius 1 is 0.885 bits per heavy atom. The summed E-state index contributed by atoms with van der Waals surface area (Å²) in [7, 11) is 0. The first kappa shape index (κ1) is 18.6. The third-order valence-corrected chi connectivity index (χ3v) is 4.82. The summed E-state index contributed by atoms with van der Waals surface area (Å²) >= 11 is 12.2. The van der Waals surface area contributed by atoms with Gasteiger partial charge >= 0.3 is 0 Å². The zero-order chi connectivity index (χ0) is 18.5. The second-order valence-corrected chi connectivity index (χ2v) is 7.15. The van der Waals surface area contributed by atoms with Crippen LogP contribution >= 0.6 is 23.2 Å². The van der Waals surface area contributed by atoms with E-state index in [1.165, 1.54) is 11.1 Å². The lowest BCUT2D eigenvalue weighted by Crippen LogP contribution is -2.05. The van der Waals surface area contributed by atoms with Gasteiger partial charge < -0.3 is 10.1 Å². The molecule has 3 rings (SSSR count). The van der Waals surface area contributed by atoms with Crippen LogP contribution < -0.4 is 10.1 Å². The van der Waals surface area contributed by atoms with Crippen LogP contribution in [0.4, 0.5) is 5.69 Å². The highest BCUT2D eigenvalue weighted by atomic mass is 35.5. The van der Waals surface area contributed by atoms with Crippen molar-refractivity contribution in [2.24, 2.45) is 0 Å². The van der Waals surface area contributed by atoms with E-state index in [0.29, 0.717) is 23.2 Å². The fourth-order valence-corrected chi connectivity index (χ4v) is 3.16. The van der Waals surface area contributed by atoms with Crippen molar-refractivity contribution in [1.29, 1.82) is 0 Å². The van der Waals surface area contributed by atoms with E-state index in [-0.39, 0.29) is 0 Å². The van der Waals surface area contributed by atoms with Crippen LogP contribution in [0.15, 0.2) is 60.7 Å². The van der Waals surface area contributed by atoms with Crippen molar-refractivity contribution in [1.82, 2.24) is 0 Å². The van der Waals surface area contributed by atoms with E-state index >= 15 is 0 Å². The molecular formula is C22H21Cl2NO. The monoisotopic (exact) mass is 385 g/mol. The molecule has 0 spiro atoms. The minimum absolute atomic E-state index is 0.399. The normalized spacial score (nSPS) is 10.6. The van der Waals surface area contributed by atoms with Gasteiger partial charge in [-0.1, -0.05) is 59.6 Å². The lowest BCUT2D eigenvalue weighted by molar-refractivity contribution is 0.303. The number of aryl methyl sites for hydroxylation is 2. The SMILES string of the molecule is Cc1ccc(C)c(NCc2ccccc2OCc2ccc(Cl)cc2Cl)c1. The van der Waals surface area contributed by atoms with Crippen molar-refractivity contribution in [2.45, 2.75) is 27.0 Å². The van der Waals surface area contributed by atoms with Crippen LogP contribution in [0.3, 0.4) is 0 Å². The molecule has 0 saturated carbocycles. The molecule has 0 aromatic heterocycles. The van der Waals surface area contributed by atoms with Gasteiger partial charge in [0.2, 0.25) is 0 Å². The highest BCUT2D eigenvalue weighted by molar-refractivity contribution is 6.35. The molecule has 0 fully saturated rings. The van der Waals surface area contributed by atoms with Crippen LogP contribution in [0.25, 0.3) is 0 Å². The Balaban J connectivity index is 1.70. The fourth-order valence-electron chi connectivity index (χ4n) is 2.70. The lowest BCUT2D eigenvalue weighted by atomic mass is 10.1. The Bertz CT molecular complexity index is 908. The van der Waals surface area contributed by atoms with E-state index in [1.807, 2.05) is 30.3 Å². The molecule has 26 heavy (non-hydrogen) atoms. The van der Waals surface area contributed by atoms with E-state index in [9.17, 15) is 0 Å². The minimum atomic E-state index is 0.399. The molecule has 1 N–H and O–H groups in total. The number of halogens is 2. The van der Waals surface area contributed by atoms with Crippen LogP contribution in [-0.4, -0.2) is 0 Å². The molecule has 0 radical (unpaired) electrons. The first-order chi connectivity index (χ1) is 12.5. The van der Waals surface area contributed by atoms with Crippen molar-refractivity contribution in [3.63, 3.8) is 0 Å². The van der Waals surface area contributed by atoms with Gasteiger partial charge in [-0.25, -0.2) is 0 Å². The van der Waals surface area contributed by atoms with Gasteiger partial charge in [0.25, 0.3) is 0 Å². The Morgan fingerprint density at radius 3 is 2.50 bits per heavy atom. The number of ether oxygens (including phenoxy) is 1. The summed E-state index contributed by atoms with van der Waals surface area (Å²) in [4.78, 5) is 0. The van der Waals surface area contributed by atoms with Gasteiger partial charge in [-0.05, 0) is 49.2 Å². The summed E-state index contributed by atoms with van der Waals surface area (Å²) in [6.45, 7) is 5.29. The number of para-hydroxylation sites is 1. The zero-order valence-corrected chi connectivity index (χ0v) is 16.4. The maximum atomic E-state index is 6.23. The van der Waals surface area contributed by atoms with Gasteiger partial charge in [0.05, 0.1) is 0 Å². The summed E-state index contributed by atoms with van der Waals surface area (Å²) in [5.74, 6) is 0.844. The van der Waals surface area contributed by atoms with Crippen molar-refractivity contribution in [3.05, 3.63) is 93.0 Å². The van der Waals surface area contributed by atoms with Crippen LogP contribution in [0.1, 0.15) is 22.3 Å². The molecule has 0 aliphatic heterocycles. The van der Waals surface area contributed by atoms with Crippen molar-refractivity contribution in [3.8, 4) is 5.75 Å². The summed E-state index contributed by atoms with van der Waals surface area (Å²) in [6.07, 6.45) is 0. The second kappa shape index (κ2) is 8.48. The molecule has 3 aromatic carbocycles. The first-order valence-corrected chi connectivity index (χ1v) is 9.24. The van der Waals surface area contributed by atoms with Gasteiger partial charge in [-0.3, -0.25) is 0 Å². The molecular weight excluding hydrogens is 365 g/mol. The molecule has 0 aliphatic rings. The standard InChI is InChI=1S/C22H21Cl2NO/c1-15-7-8-16(2)21(11-15)25-13-17-5-3-4-6-22(17)26-14-18-9-10-19(23)12-20(18)24/h3-12,25H,13-14H2,1-2H3. The van der Waals surface area contributed by atoms with E-state index in [2.05, 4.69) is 43.4 Å². The third kappa shape index (κ3) is 4.72. The van der Waals surface area contributed by atoms with Gasteiger partial charge in [-0.15, -0.1) is 0 Å². The number of anilines is 1. The van der Waals surface area contributed by atoms with E-state index < -0.39 is 0 Å². The topological polar surface area (TPSA) is 21.3 Å². The average Bonchev–Trinajstić information content (AvgIpc) is 2.62. The predicted octanol–water partition coefficient (Wildman–Crippen LogP) is 6.80. The molecule has 0 aliphatic carbocycles. The molecule has 0 unspecified atom stereocenters.